The number of rotatable bonds is 26. The third kappa shape index (κ3) is 23.3. The lowest BCUT2D eigenvalue weighted by Crippen LogP contribution is -2.42. The van der Waals surface area contributed by atoms with Gasteiger partial charge in [-0.15, -0.1) is 46.0 Å². The summed E-state index contributed by atoms with van der Waals surface area (Å²) in [7, 11) is 0. The number of aromatic nitrogens is 4. The molecule has 4 aliphatic heterocycles. The topological polar surface area (TPSA) is 393 Å². The van der Waals surface area contributed by atoms with Crippen LogP contribution in [0.25, 0.3) is 11.1 Å². The summed E-state index contributed by atoms with van der Waals surface area (Å²) >= 11 is 0. The molecule has 5 aliphatic rings. The molecule has 2 aromatic heterocycles. The van der Waals surface area contributed by atoms with Crippen molar-refractivity contribution in [1.82, 2.24) is 24.0 Å². The molecule has 13 N–H and O–H groups in total. The Balaban J connectivity index is 0.000000256. The van der Waals surface area contributed by atoms with E-state index >= 15 is 0 Å². The molecule has 1 aliphatic carbocycles. The van der Waals surface area contributed by atoms with Crippen LogP contribution in [0.3, 0.4) is 0 Å². The first-order chi connectivity index (χ1) is 47.1. The minimum Gasteiger partial charge on any atom is -0.481 e. The molecule has 29 heteroatoms. The SMILES string of the molecule is C.C#CC1=CN(C2O[C@H](CCP(=C)(C)C)[C@@H](O)[C@H]2O)C(=C)N=C1N.C=P(C)(C)CC[C@H]1OC(n2ccc(N)nc2=NCCCCC(C)C(=O)O)[C@H](O)[C@@H]1O.C=P(C)(C)CC[C@H]1OC(n2ccc(N)nc2=NCCCCC(C)C(=O)OC(=O)OCC2c3ccccc3-c3ccccc32)[C@H](O)[C@@H]1O. The lowest BCUT2D eigenvalue weighted by molar-refractivity contribution is -0.144. The fourth-order valence-corrected chi connectivity index (χ4v) is 14.8. The van der Waals surface area contributed by atoms with Crippen molar-refractivity contribution < 1.29 is 73.8 Å². The van der Waals surface area contributed by atoms with Gasteiger partial charge in [0.15, 0.2) is 18.7 Å². The van der Waals surface area contributed by atoms with E-state index < -0.39 is 118 Å². The number of nitrogens with two attached hydrogens (primary N) is 3. The second-order valence-corrected chi connectivity index (χ2v) is 41.2. The van der Waals surface area contributed by atoms with Crippen LogP contribution in [0.15, 0.2) is 112 Å². The fourth-order valence-electron chi connectivity index (χ4n) is 11.9. The first-order valence-corrected chi connectivity index (χ1v) is 42.8. The third-order valence-electron chi connectivity index (χ3n) is 17.8. The van der Waals surface area contributed by atoms with Crippen LogP contribution in [0, 0.1) is 24.2 Å². The molecule has 0 saturated carbocycles. The van der Waals surface area contributed by atoms with Gasteiger partial charge in [-0.2, -0.15) is 9.97 Å². The number of fused-ring (bicyclic) bond motifs is 3. The number of carbonyl (C=O) groups is 3. The van der Waals surface area contributed by atoms with Gasteiger partial charge in [-0.25, -0.2) is 9.79 Å². The highest BCUT2D eigenvalue weighted by Crippen LogP contribution is 2.46. The normalized spacial score (nSPS) is 25.0. The Morgan fingerprint density at radius 1 is 0.634 bits per heavy atom. The Labute approximate surface area is 594 Å². The Hall–Kier alpha value is -6.94. The molecule has 9 rings (SSSR count). The number of unbranched alkanes of at least 4 members (excludes halogenated alkanes) is 2. The molecular formula is C72H108N11O15P3. The van der Waals surface area contributed by atoms with Crippen LogP contribution in [-0.2, 0) is 33.3 Å². The van der Waals surface area contributed by atoms with Crippen molar-refractivity contribution >= 4 is 75.1 Å². The number of hydrogen-bond acceptors (Lipinski definition) is 23. The lowest BCUT2D eigenvalue weighted by atomic mass is 9.98. The molecule has 4 aromatic rings. The van der Waals surface area contributed by atoms with Gasteiger partial charge in [-0.3, -0.25) is 28.7 Å². The fraction of sp³-hybridized carbons (Fsp3) is 0.542. The molecule has 3 saturated heterocycles. The predicted octanol–water partition coefficient (Wildman–Crippen LogP) is 6.19. The quantitative estimate of drug-likeness (QED) is 0.0110. The average molecular weight is 1460 g/mol. The van der Waals surface area contributed by atoms with Crippen molar-refractivity contribution in [3.8, 4) is 23.5 Å². The summed E-state index contributed by atoms with van der Waals surface area (Å²) < 4.78 is 31.5. The van der Waals surface area contributed by atoms with Crippen LogP contribution in [0.4, 0.5) is 16.4 Å². The van der Waals surface area contributed by atoms with E-state index in [0.29, 0.717) is 81.5 Å². The Kier molecular flexibility index (Phi) is 30.4. The number of nitrogens with zero attached hydrogens (tertiary/aromatic N) is 8. The van der Waals surface area contributed by atoms with Crippen molar-refractivity contribution in [2.24, 2.45) is 32.5 Å². The zero-order valence-electron chi connectivity index (χ0n) is 58.7. The minimum absolute atomic E-state index is 0. The number of nitrogen functional groups attached to an aromatic ring is 2. The van der Waals surface area contributed by atoms with Gasteiger partial charge in [0.1, 0.15) is 66.5 Å². The summed E-state index contributed by atoms with van der Waals surface area (Å²) in [4.78, 5) is 59.1. The van der Waals surface area contributed by atoms with E-state index in [4.69, 9.17) is 52.4 Å². The molecule has 6 heterocycles. The lowest BCUT2D eigenvalue weighted by Gasteiger charge is -2.31. The van der Waals surface area contributed by atoms with Crippen LogP contribution < -0.4 is 28.4 Å². The zero-order chi connectivity index (χ0) is 73.6. The molecule has 2 aromatic carbocycles. The van der Waals surface area contributed by atoms with E-state index in [-0.39, 0.29) is 49.0 Å². The number of aliphatic imine (C=N–C) groups is 1. The first kappa shape index (κ1) is 83.0. The summed E-state index contributed by atoms with van der Waals surface area (Å²) in [6, 6.07) is 19.2. The number of aliphatic hydroxyl groups excluding tert-OH is 6. The summed E-state index contributed by atoms with van der Waals surface area (Å²) in [5.41, 5.74) is 22.8. The van der Waals surface area contributed by atoms with Gasteiger partial charge in [-0.05, 0) is 138 Å². The van der Waals surface area contributed by atoms with Crippen LogP contribution in [-0.4, -0.2) is 242 Å². The summed E-state index contributed by atoms with van der Waals surface area (Å²) in [5, 5.41) is 72.0. The van der Waals surface area contributed by atoms with Crippen LogP contribution in [0.2, 0.25) is 0 Å². The standard InChI is InChI=1S/C35H45N4O7P.C20H35N4O5P.C16H24N3O3P.CH4/c1-22(33(42)46-35(43)44-21-27-25-14-7-5-12-23(25)24-13-6-8-15-26(24)27)11-9-10-18-37-34-38-29(36)16-19-39(34)32-31(41)30(40)28(45-32)17-20-47(2,3)4;1-13(19(27)28)7-5-6-10-22-20-23-15(21)8-11-24(20)18-17(26)16(25)14(29-18)9-12-30(2,3)4;1-6-11-9-19(10(2)18-15(11)17)16-14(21)13(20)12(22-16)7-8-23(3,4)5;/h5-8,12-16,19,22,27-28,30-32,40-41H,2,9-11,17-18,20-21H2,1,3-4H3,(H2,36,37,38);8,11,13-14,16-18,25-26H,2,5-7,9-10,12H2,1,3-4H3,(H,27,28)(H2,21,22,23);1,9,12-14,16,20-21H,2-3,7-8H2,4-5H3,(H2,17,18);1H4/t22?,28-,30-,31-,32?;13?,14-,16-,17-,18?;12-,13-,14-,16?;/m111./s1. The maximum absolute atomic E-state index is 12.6. The van der Waals surface area contributed by atoms with Gasteiger partial charge in [-0.1, -0.05) is 95.1 Å². The molecular weight excluding hydrogens is 1350 g/mol. The maximum Gasteiger partial charge on any atom is 0.516 e. The molecule has 26 nitrogen and oxygen atoms in total. The number of ether oxygens (including phenoxy) is 5. The maximum atomic E-state index is 12.6. The van der Waals surface area contributed by atoms with E-state index in [9.17, 15) is 45.0 Å². The Morgan fingerprint density at radius 3 is 1.46 bits per heavy atom. The number of carboxylic acid groups (broad SMARTS) is 1. The van der Waals surface area contributed by atoms with Gasteiger partial charge in [0.25, 0.3) is 0 Å². The number of aliphatic carboxylic acids is 1. The molecule has 0 spiro atoms. The number of carbonyl (C=O) groups excluding carboxylic acids is 2. The summed E-state index contributed by atoms with van der Waals surface area (Å²) in [6.07, 6.45) is 19.6. The number of aliphatic hydroxyl groups is 6. The van der Waals surface area contributed by atoms with E-state index in [1.54, 1.807) is 53.7 Å². The summed E-state index contributed by atoms with van der Waals surface area (Å²) in [6.45, 7) is 17.0. The van der Waals surface area contributed by atoms with Gasteiger partial charge >= 0.3 is 18.1 Å². The molecule has 0 bridgehead atoms. The zero-order valence-corrected chi connectivity index (χ0v) is 61.4. The number of terminal acetylenes is 1. The second kappa shape index (κ2) is 37.0. The molecule has 14 atom stereocenters. The van der Waals surface area contributed by atoms with Crippen LogP contribution >= 0.6 is 20.7 Å². The van der Waals surface area contributed by atoms with Crippen molar-refractivity contribution in [3.63, 3.8) is 0 Å². The van der Waals surface area contributed by atoms with E-state index in [0.717, 1.165) is 47.2 Å². The molecule has 5 unspecified atom stereocenters. The Bertz CT molecular complexity index is 3880. The van der Waals surface area contributed by atoms with Crippen molar-refractivity contribution in [3.05, 3.63) is 120 Å². The van der Waals surface area contributed by atoms with E-state index in [2.05, 4.69) is 108 Å². The molecule has 556 valence electrons. The highest BCUT2D eigenvalue weighted by Gasteiger charge is 2.47. The van der Waals surface area contributed by atoms with Gasteiger partial charge in [0, 0.05) is 37.6 Å². The van der Waals surface area contributed by atoms with Gasteiger partial charge < -0.3 is 81.5 Å². The number of benzene rings is 2. The number of hydrogen-bond donors (Lipinski definition) is 10. The summed E-state index contributed by atoms with van der Waals surface area (Å²) in [5.74, 6) is 1.02. The van der Waals surface area contributed by atoms with Gasteiger partial charge in [0.05, 0.1) is 35.7 Å². The Morgan fingerprint density at radius 2 is 1.04 bits per heavy atom. The molecule has 0 amide bonds. The largest absolute Gasteiger partial charge is 0.516 e. The van der Waals surface area contributed by atoms with Gasteiger partial charge in [0.2, 0.25) is 11.2 Å². The van der Waals surface area contributed by atoms with E-state index in [1.165, 1.54) is 4.90 Å². The van der Waals surface area contributed by atoms with Crippen molar-refractivity contribution in [1.29, 1.82) is 0 Å². The minimum atomic E-state index is -1.32. The van der Waals surface area contributed by atoms with Crippen LogP contribution in [0.1, 0.15) is 109 Å². The molecule has 0 radical (unpaired) electrons. The monoisotopic (exact) mass is 1460 g/mol. The number of anilines is 2. The number of carboxylic acids is 1. The molecule has 3 fully saturated rings. The average Bonchev–Trinajstić information content (AvgIpc) is 1.57. The molecule has 101 heavy (non-hydrogen) atoms. The smallest absolute Gasteiger partial charge is 0.481 e. The number of esters is 1. The highest BCUT2D eigenvalue weighted by atomic mass is 31.2. The highest BCUT2D eigenvalue weighted by molar-refractivity contribution is 7.72. The third-order valence-corrected chi connectivity index (χ3v) is 22.2. The van der Waals surface area contributed by atoms with Crippen molar-refractivity contribution in [2.45, 2.75) is 159 Å². The van der Waals surface area contributed by atoms with Crippen molar-refractivity contribution in [2.75, 3.05) is 89.6 Å². The van der Waals surface area contributed by atoms with E-state index in [1.807, 2.05) is 36.4 Å². The first-order valence-electron chi connectivity index (χ1n) is 33.6. The number of amidine groups is 1. The van der Waals surface area contributed by atoms with Crippen LogP contribution in [0.5, 0.6) is 0 Å². The second-order valence-electron chi connectivity index (χ2n) is 28.2. The predicted molar refractivity (Wildman–Crippen MR) is 404 cm³/mol.